The molecule has 0 saturated heterocycles. The Balaban J connectivity index is 2.74. The minimum atomic E-state index is 0.411. The number of nitrogens with two attached hydrogens (primary N) is 2. The SMILES string of the molecule is COc1cc(-c2c(Cl)ccc(OC)c2N)c(Cl)cc1N. The van der Waals surface area contributed by atoms with Gasteiger partial charge in [0.2, 0.25) is 0 Å². The maximum atomic E-state index is 6.24. The zero-order valence-electron chi connectivity index (χ0n) is 11.0. The second-order valence-electron chi connectivity index (χ2n) is 4.11. The molecule has 0 aromatic heterocycles. The van der Waals surface area contributed by atoms with E-state index in [1.54, 1.807) is 24.3 Å². The topological polar surface area (TPSA) is 70.5 Å². The van der Waals surface area contributed by atoms with Crippen LogP contribution in [-0.4, -0.2) is 14.2 Å². The van der Waals surface area contributed by atoms with Crippen LogP contribution in [0.3, 0.4) is 0 Å². The summed E-state index contributed by atoms with van der Waals surface area (Å²) < 4.78 is 10.4. The number of hydrogen-bond acceptors (Lipinski definition) is 4. The predicted octanol–water partition coefficient (Wildman–Crippen LogP) is 3.84. The lowest BCUT2D eigenvalue weighted by Crippen LogP contribution is -1.98. The summed E-state index contributed by atoms with van der Waals surface area (Å²) in [6, 6.07) is 6.70. The predicted molar refractivity (Wildman–Crippen MR) is 83.8 cm³/mol. The van der Waals surface area contributed by atoms with Gasteiger partial charge in [0.1, 0.15) is 11.5 Å². The first-order chi connectivity index (χ1) is 9.49. The number of anilines is 2. The fourth-order valence-corrected chi connectivity index (χ4v) is 2.50. The third kappa shape index (κ3) is 2.44. The standard InChI is InChI=1S/C14H14Cl2N2O2/c1-19-11-4-3-8(15)13(14(11)18)7-5-12(20-2)10(17)6-9(7)16/h3-6H,17-18H2,1-2H3. The summed E-state index contributed by atoms with van der Waals surface area (Å²) in [4.78, 5) is 0. The third-order valence-electron chi connectivity index (χ3n) is 2.96. The second-order valence-corrected chi connectivity index (χ2v) is 4.93. The van der Waals surface area contributed by atoms with Crippen molar-refractivity contribution in [3.63, 3.8) is 0 Å². The Bertz CT molecular complexity index is 660. The van der Waals surface area contributed by atoms with Crippen molar-refractivity contribution < 1.29 is 9.47 Å². The van der Waals surface area contributed by atoms with E-state index in [0.717, 1.165) is 0 Å². The fourth-order valence-electron chi connectivity index (χ4n) is 1.96. The Morgan fingerprint density at radius 2 is 1.55 bits per heavy atom. The van der Waals surface area contributed by atoms with E-state index in [1.165, 1.54) is 14.2 Å². The van der Waals surface area contributed by atoms with Crippen LogP contribution in [0.2, 0.25) is 10.0 Å². The monoisotopic (exact) mass is 312 g/mol. The van der Waals surface area contributed by atoms with Gasteiger partial charge in [-0.25, -0.2) is 0 Å². The summed E-state index contributed by atoms with van der Waals surface area (Å²) in [5, 5.41) is 0.905. The highest BCUT2D eigenvalue weighted by Crippen LogP contribution is 2.44. The highest BCUT2D eigenvalue weighted by Gasteiger charge is 2.17. The molecule has 0 spiro atoms. The average Bonchev–Trinajstić information content (AvgIpc) is 2.41. The molecule has 0 radical (unpaired) electrons. The van der Waals surface area contributed by atoms with Crippen LogP contribution in [-0.2, 0) is 0 Å². The third-order valence-corrected chi connectivity index (χ3v) is 3.59. The van der Waals surface area contributed by atoms with Gasteiger partial charge in [-0.1, -0.05) is 23.2 Å². The molecule has 0 aliphatic carbocycles. The summed E-state index contributed by atoms with van der Waals surface area (Å²) in [5.41, 5.74) is 14.0. The van der Waals surface area contributed by atoms with Gasteiger partial charge >= 0.3 is 0 Å². The molecule has 0 bridgehead atoms. The number of methoxy groups -OCH3 is 2. The van der Waals surface area contributed by atoms with Gasteiger partial charge in [0.25, 0.3) is 0 Å². The first kappa shape index (κ1) is 14.6. The first-order valence-corrected chi connectivity index (χ1v) is 6.50. The van der Waals surface area contributed by atoms with Crippen molar-refractivity contribution in [2.45, 2.75) is 0 Å². The Morgan fingerprint density at radius 3 is 2.15 bits per heavy atom. The average molecular weight is 313 g/mol. The largest absolute Gasteiger partial charge is 0.495 e. The van der Waals surface area contributed by atoms with Crippen LogP contribution in [0.5, 0.6) is 11.5 Å². The summed E-state index contributed by atoms with van der Waals surface area (Å²) in [7, 11) is 3.06. The highest BCUT2D eigenvalue weighted by molar-refractivity contribution is 6.37. The van der Waals surface area contributed by atoms with E-state index in [4.69, 9.17) is 44.1 Å². The molecule has 0 aliphatic heterocycles. The van der Waals surface area contributed by atoms with Crippen molar-refractivity contribution >= 4 is 34.6 Å². The van der Waals surface area contributed by atoms with Crippen molar-refractivity contribution in [3.05, 3.63) is 34.3 Å². The van der Waals surface area contributed by atoms with Crippen LogP contribution in [0.4, 0.5) is 11.4 Å². The maximum Gasteiger partial charge on any atom is 0.142 e. The molecule has 0 unspecified atom stereocenters. The quantitative estimate of drug-likeness (QED) is 0.845. The normalized spacial score (nSPS) is 10.4. The molecule has 20 heavy (non-hydrogen) atoms. The molecule has 6 heteroatoms. The molecule has 0 heterocycles. The van der Waals surface area contributed by atoms with E-state index in [2.05, 4.69) is 0 Å². The minimum absolute atomic E-state index is 0.411. The molecule has 0 amide bonds. The lowest BCUT2D eigenvalue weighted by Gasteiger charge is -2.15. The van der Waals surface area contributed by atoms with Gasteiger partial charge in [0.05, 0.1) is 35.6 Å². The lowest BCUT2D eigenvalue weighted by atomic mass is 10.0. The van der Waals surface area contributed by atoms with Crippen molar-refractivity contribution in [2.24, 2.45) is 0 Å². The Hall–Kier alpha value is -1.78. The maximum absolute atomic E-state index is 6.24. The van der Waals surface area contributed by atoms with Crippen molar-refractivity contribution in [2.75, 3.05) is 25.7 Å². The molecule has 2 rings (SSSR count). The molecule has 2 aromatic rings. The van der Waals surface area contributed by atoms with Crippen LogP contribution in [0, 0.1) is 0 Å². The van der Waals surface area contributed by atoms with Crippen LogP contribution in [0.25, 0.3) is 11.1 Å². The molecule has 0 fully saturated rings. The molecule has 0 aliphatic rings. The summed E-state index contributed by atoms with van der Waals surface area (Å²) in [6.07, 6.45) is 0. The number of halogens is 2. The van der Waals surface area contributed by atoms with E-state index >= 15 is 0 Å². The second kappa shape index (κ2) is 5.69. The van der Waals surface area contributed by atoms with E-state index in [9.17, 15) is 0 Å². The lowest BCUT2D eigenvalue weighted by molar-refractivity contribution is 0.416. The van der Waals surface area contributed by atoms with Gasteiger partial charge in [-0.3, -0.25) is 0 Å². The van der Waals surface area contributed by atoms with Gasteiger partial charge < -0.3 is 20.9 Å². The van der Waals surface area contributed by atoms with Gasteiger partial charge in [0.15, 0.2) is 0 Å². The number of benzene rings is 2. The summed E-state index contributed by atoms with van der Waals surface area (Å²) in [5.74, 6) is 1.03. The Labute approximate surface area is 127 Å². The molecule has 106 valence electrons. The highest BCUT2D eigenvalue weighted by atomic mass is 35.5. The van der Waals surface area contributed by atoms with Crippen molar-refractivity contribution in [3.8, 4) is 22.6 Å². The summed E-state index contributed by atoms with van der Waals surface area (Å²) in [6.45, 7) is 0. The van der Waals surface area contributed by atoms with Gasteiger partial charge in [0, 0.05) is 11.1 Å². The number of hydrogen-bond donors (Lipinski definition) is 2. The minimum Gasteiger partial charge on any atom is -0.495 e. The van der Waals surface area contributed by atoms with Gasteiger partial charge in [-0.05, 0) is 24.3 Å². The van der Waals surface area contributed by atoms with Crippen molar-refractivity contribution in [1.29, 1.82) is 0 Å². The molecule has 2 aromatic carbocycles. The number of ether oxygens (including phenoxy) is 2. The zero-order valence-corrected chi connectivity index (χ0v) is 12.5. The molecule has 0 saturated carbocycles. The van der Waals surface area contributed by atoms with Crippen molar-refractivity contribution in [1.82, 2.24) is 0 Å². The van der Waals surface area contributed by atoms with E-state index in [1.807, 2.05) is 0 Å². The van der Waals surface area contributed by atoms with Gasteiger partial charge in [-0.15, -0.1) is 0 Å². The number of rotatable bonds is 3. The zero-order chi connectivity index (χ0) is 14.9. The van der Waals surface area contributed by atoms with Gasteiger partial charge in [-0.2, -0.15) is 0 Å². The van der Waals surface area contributed by atoms with Crippen LogP contribution in [0.15, 0.2) is 24.3 Å². The summed E-state index contributed by atoms with van der Waals surface area (Å²) >= 11 is 12.5. The van der Waals surface area contributed by atoms with Crippen LogP contribution >= 0.6 is 23.2 Å². The van der Waals surface area contributed by atoms with E-state index < -0.39 is 0 Å². The molecule has 0 atom stereocenters. The smallest absolute Gasteiger partial charge is 0.142 e. The Kier molecular flexibility index (Phi) is 4.16. The molecule has 4 nitrogen and oxygen atoms in total. The fraction of sp³-hybridized carbons (Fsp3) is 0.143. The van der Waals surface area contributed by atoms with E-state index in [0.29, 0.717) is 44.0 Å². The number of nitrogen functional groups attached to an aromatic ring is 2. The Morgan fingerprint density at radius 1 is 0.900 bits per heavy atom. The molecule has 4 N–H and O–H groups in total. The van der Waals surface area contributed by atoms with Crippen LogP contribution in [0.1, 0.15) is 0 Å². The molecular weight excluding hydrogens is 299 g/mol. The first-order valence-electron chi connectivity index (χ1n) is 5.75. The van der Waals surface area contributed by atoms with E-state index in [-0.39, 0.29) is 0 Å². The van der Waals surface area contributed by atoms with Crippen LogP contribution < -0.4 is 20.9 Å². The molecular formula is C14H14Cl2N2O2.